The molecule has 0 heterocycles. The van der Waals surface area contributed by atoms with Crippen LogP contribution in [-0.4, -0.2) is 11.3 Å². The van der Waals surface area contributed by atoms with E-state index >= 15 is 0 Å². The summed E-state index contributed by atoms with van der Waals surface area (Å²) in [6, 6.07) is 8.40. The molecule has 0 fully saturated rings. The van der Waals surface area contributed by atoms with Gasteiger partial charge in [-0.2, -0.15) is 5.26 Å². The van der Waals surface area contributed by atoms with E-state index in [1.807, 2.05) is 6.07 Å². The highest BCUT2D eigenvalue weighted by Gasteiger charge is 2.00. The van der Waals surface area contributed by atoms with Crippen LogP contribution in [0.25, 0.3) is 0 Å². The Balaban J connectivity index is 2.94. The summed E-state index contributed by atoms with van der Waals surface area (Å²) in [5, 5.41) is 8.47. The van der Waals surface area contributed by atoms with Gasteiger partial charge in [0.2, 0.25) is 0 Å². The van der Waals surface area contributed by atoms with E-state index in [0.717, 1.165) is 0 Å². The maximum Gasteiger partial charge on any atom is 0.188 e. The predicted octanol–water partition coefficient (Wildman–Crippen LogP) is 1.23. The maximum atomic E-state index is 11.0. The zero-order chi connectivity index (χ0) is 8.97. The van der Waals surface area contributed by atoms with Crippen LogP contribution in [0, 0.1) is 11.3 Å². The molecular weight excluding hydrogens is 174 g/mol. The smallest absolute Gasteiger partial charge is 0.188 e. The predicted molar refractivity (Wildman–Crippen MR) is 44.6 cm³/mol. The molecule has 3 nitrogen and oxygen atoms in total. The summed E-state index contributed by atoms with van der Waals surface area (Å²) in [5.74, 6) is 0. The summed E-state index contributed by atoms with van der Waals surface area (Å²) in [4.78, 5) is 0.566. The quantitative estimate of drug-likeness (QED) is 0.689. The van der Waals surface area contributed by atoms with Crippen LogP contribution in [0.15, 0.2) is 29.2 Å². The average Bonchev–Trinajstić information content (AvgIpc) is 2.17. The Kier molecular flexibility index (Phi) is 2.97. The van der Waals surface area contributed by atoms with Gasteiger partial charge < -0.3 is 0 Å². The van der Waals surface area contributed by atoms with Crippen molar-refractivity contribution in [3.8, 4) is 6.07 Å². The molecule has 1 aromatic carbocycles. The van der Waals surface area contributed by atoms with E-state index in [9.17, 15) is 4.21 Å². The first-order valence-electron chi connectivity index (χ1n) is 3.24. The standard InChI is InChI=1S/C8H7NO2S/c1-11-12(10)8-4-2-7(6-9)3-5-8/h2-5H,1H3/t12-/m0/s1. The molecule has 0 radical (unpaired) electrons. The molecule has 0 spiro atoms. The maximum absolute atomic E-state index is 11.0. The van der Waals surface area contributed by atoms with E-state index in [0.29, 0.717) is 10.5 Å². The molecule has 0 aliphatic carbocycles. The number of benzene rings is 1. The molecule has 0 amide bonds. The number of nitriles is 1. The van der Waals surface area contributed by atoms with Crippen LogP contribution in [0.4, 0.5) is 0 Å². The number of rotatable bonds is 2. The van der Waals surface area contributed by atoms with Crippen LogP contribution in [0.5, 0.6) is 0 Å². The molecule has 12 heavy (non-hydrogen) atoms. The lowest BCUT2D eigenvalue weighted by Crippen LogP contribution is -1.92. The summed E-state index contributed by atoms with van der Waals surface area (Å²) < 4.78 is 15.6. The second kappa shape index (κ2) is 4.00. The van der Waals surface area contributed by atoms with Crippen LogP contribution in [0.3, 0.4) is 0 Å². The van der Waals surface area contributed by atoms with Crippen molar-refractivity contribution in [1.82, 2.24) is 0 Å². The third kappa shape index (κ3) is 1.91. The molecule has 1 atom stereocenters. The second-order valence-corrected chi connectivity index (χ2v) is 3.31. The zero-order valence-corrected chi connectivity index (χ0v) is 7.30. The van der Waals surface area contributed by atoms with Gasteiger partial charge in [0.1, 0.15) is 0 Å². The minimum Gasteiger partial charge on any atom is -0.290 e. The fraction of sp³-hybridized carbons (Fsp3) is 0.125. The molecular formula is C8H7NO2S. The Labute approximate surface area is 73.3 Å². The Bertz CT molecular complexity index is 326. The van der Waals surface area contributed by atoms with Crippen LogP contribution in [0.2, 0.25) is 0 Å². The SMILES string of the molecule is CO[S@](=O)c1ccc(C#N)cc1. The van der Waals surface area contributed by atoms with Crippen molar-refractivity contribution in [2.75, 3.05) is 7.11 Å². The van der Waals surface area contributed by atoms with Gasteiger partial charge in [-0.1, -0.05) is 0 Å². The van der Waals surface area contributed by atoms with Crippen molar-refractivity contribution >= 4 is 11.1 Å². The van der Waals surface area contributed by atoms with Gasteiger partial charge in [0.15, 0.2) is 11.1 Å². The van der Waals surface area contributed by atoms with E-state index in [1.165, 1.54) is 7.11 Å². The Morgan fingerprint density at radius 1 is 1.42 bits per heavy atom. The monoisotopic (exact) mass is 181 g/mol. The van der Waals surface area contributed by atoms with E-state index in [2.05, 4.69) is 4.18 Å². The van der Waals surface area contributed by atoms with Gasteiger partial charge in [-0.05, 0) is 24.3 Å². The fourth-order valence-corrected chi connectivity index (χ4v) is 1.29. The molecule has 0 aromatic heterocycles. The molecule has 0 bridgehead atoms. The summed E-state index contributed by atoms with van der Waals surface area (Å²) in [6.07, 6.45) is 0. The third-order valence-corrected chi connectivity index (χ3v) is 2.29. The number of hydrogen-bond donors (Lipinski definition) is 0. The molecule has 4 heteroatoms. The Morgan fingerprint density at radius 2 is 2.00 bits per heavy atom. The van der Waals surface area contributed by atoms with Crippen LogP contribution >= 0.6 is 0 Å². The first kappa shape index (κ1) is 8.91. The molecule has 0 saturated heterocycles. The van der Waals surface area contributed by atoms with Crippen molar-refractivity contribution in [3.05, 3.63) is 29.8 Å². The van der Waals surface area contributed by atoms with E-state index in [4.69, 9.17) is 5.26 Å². The third-order valence-electron chi connectivity index (χ3n) is 1.33. The molecule has 1 rings (SSSR count). The summed E-state index contributed by atoms with van der Waals surface area (Å²) >= 11 is -1.41. The van der Waals surface area contributed by atoms with Crippen molar-refractivity contribution in [1.29, 1.82) is 5.26 Å². The van der Waals surface area contributed by atoms with Gasteiger partial charge in [0.05, 0.1) is 23.6 Å². The zero-order valence-electron chi connectivity index (χ0n) is 6.48. The first-order valence-corrected chi connectivity index (χ1v) is 4.32. The molecule has 0 unspecified atom stereocenters. The lowest BCUT2D eigenvalue weighted by molar-refractivity contribution is 0.446. The first-order chi connectivity index (χ1) is 5.77. The lowest BCUT2D eigenvalue weighted by Gasteiger charge is -1.96. The number of nitrogens with zero attached hydrogens (tertiary/aromatic N) is 1. The molecule has 0 aliphatic heterocycles. The molecule has 1 aromatic rings. The van der Waals surface area contributed by atoms with Crippen molar-refractivity contribution in [2.24, 2.45) is 0 Å². The van der Waals surface area contributed by atoms with Crippen molar-refractivity contribution in [3.63, 3.8) is 0 Å². The van der Waals surface area contributed by atoms with Gasteiger partial charge in [-0.3, -0.25) is 4.18 Å². The minimum absolute atomic E-state index is 0.548. The van der Waals surface area contributed by atoms with Gasteiger partial charge in [-0.15, -0.1) is 0 Å². The highest BCUT2D eigenvalue weighted by molar-refractivity contribution is 7.80. The molecule has 62 valence electrons. The van der Waals surface area contributed by atoms with Crippen LogP contribution in [0.1, 0.15) is 5.56 Å². The molecule has 0 N–H and O–H groups in total. The molecule has 0 saturated carbocycles. The minimum atomic E-state index is -1.41. The topological polar surface area (TPSA) is 50.1 Å². The van der Waals surface area contributed by atoms with E-state index in [1.54, 1.807) is 24.3 Å². The van der Waals surface area contributed by atoms with Gasteiger partial charge >= 0.3 is 0 Å². The number of hydrogen-bond acceptors (Lipinski definition) is 3. The summed E-state index contributed by atoms with van der Waals surface area (Å²) in [6.45, 7) is 0. The normalized spacial score (nSPS) is 12.0. The second-order valence-electron chi connectivity index (χ2n) is 2.04. The highest BCUT2D eigenvalue weighted by Crippen LogP contribution is 2.08. The Morgan fingerprint density at radius 3 is 2.42 bits per heavy atom. The largest absolute Gasteiger partial charge is 0.290 e. The van der Waals surface area contributed by atoms with E-state index in [-0.39, 0.29) is 0 Å². The molecule has 0 aliphatic rings. The highest BCUT2D eigenvalue weighted by atomic mass is 32.2. The lowest BCUT2D eigenvalue weighted by atomic mass is 10.2. The van der Waals surface area contributed by atoms with Gasteiger partial charge in [0, 0.05) is 0 Å². The van der Waals surface area contributed by atoms with Crippen molar-refractivity contribution in [2.45, 2.75) is 4.90 Å². The average molecular weight is 181 g/mol. The van der Waals surface area contributed by atoms with Gasteiger partial charge in [0.25, 0.3) is 0 Å². The van der Waals surface area contributed by atoms with Gasteiger partial charge in [-0.25, -0.2) is 4.21 Å². The van der Waals surface area contributed by atoms with Crippen molar-refractivity contribution < 1.29 is 8.39 Å². The van der Waals surface area contributed by atoms with Crippen LogP contribution in [-0.2, 0) is 15.3 Å². The van der Waals surface area contributed by atoms with Crippen LogP contribution < -0.4 is 0 Å². The van der Waals surface area contributed by atoms with E-state index < -0.39 is 11.1 Å². The summed E-state index contributed by atoms with van der Waals surface area (Å²) in [5.41, 5.74) is 0.548. The summed E-state index contributed by atoms with van der Waals surface area (Å²) in [7, 11) is 1.37. The Hall–Kier alpha value is -1.18. The fourth-order valence-electron chi connectivity index (χ4n) is 0.737.